The van der Waals surface area contributed by atoms with E-state index in [0.29, 0.717) is 16.2 Å². The predicted octanol–water partition coefficient (Wildman–Crippen LogP) is 3.98. The molecule has 17 heavy (non-hydrogen) atoms. The molecule has 4 heteroatoms. The third-order valence-electron chi connectivity index (χ3n) is 3.82. The summed E-state index contributed by atoms with van der Waals surface area (Å²) >= 11 is 5.35. The van der Waals surface area contributed by atoms with E-state index >= 15 is 0 Å². The maximum absolute atomic E-state index is 13.7. The molecule has 0 saturated heterocycles. The molecule has 1 N–H and O–H groups in total. The Kier molecular flexibility index (Phi) is 2.20. The van der Waals surface area contributed by atoms with Crippen molar-refractivity contribution < 1.29 is 4.39 Å². The number of H-pyrrole nitrogens is 1. The van der Waals surface area contributed by atoms with Crippen molar-refractivity contribution in [3.05, 3.63) is 28.8 Å². The summed E-state index contributed by atoms with van der Waals surface area (Å²) in [5.41, 5.74) is 1.35. The number of rotatable bonds is 2. The van der Waals surface area contributed by atoms with E-state index in [-0.39, 0.29) is 11.4 Å². The summed E-state index contributed by atoms with van der Waals surface area (Å²) in [4.78, 5) is 2.99. The Balaban J connectivity index is 2.32. The van der Waals surface area contributed by atoms with Crippen LogP contribution in [0.5, 0.6) is 0 Å². The Morgan fingerprint density at radius 2 is 2.12 bits per heavy atom. The lowest BCUT2D eigenvalue weighted by Gasteiger charge is -2.27. The summed E-state index contributed by atoms with van der Waals surface area (Å²) in [6.45, 7) is 4.36. The van der Waals surface area contributed by atoms with Crippen molar-refractivity contribution >= 4 is 23.3 Å². The monoisotopic (exact) mass is 250 g/mol. The van der Waals surface area contributed by atoms with Gasteiger partial charge < -0.3 is 9.55 Å². The van der Waals surface area contributed by atoms with Gasteiger partial charge in [0.05, 0.1) is 5.52 Å². The molecule has 1 fully saturated rings. The molecule has 0 atom stereocenters. The molecule has 3 rings (SSSR count). The van der Waals surface area contributed by atoms with Crippen molar-refractivity contribution in [3.8, 4) is 0 Å². The van der Waals surface area contributed by atoms with Crippen molar-refractivity contribution in [1.82, 2.24) is 9.55 Å². The molecule has 1 aliphatic carbocycles. The van der Waals surface area contributed by atoms with Crippen molar-refractivity contribution in [2.24, 2.45) is 5.92 Å². The van der Waals surface area contributed by atoms with Crippen LogP contribution in [0.15, 0.2) is 18.2 Å². The van der Waals surface area contributed by atoms with Gasteiger partial charge in [-0.05, 0) is 57.0 Å². The molecule has 2 aromatic rings. The number of hydrogen-bond acceptors (Lipinski definition) is 1. The summed E-state index contributed by atoms with van der Waals surface area (Å²) < 4.78 is 16.4. The third-order valence-corrected chi connectivity index (χ3v) is 4.10. The molecule has 0 aliphatic heterocycles. The van der Waals surface area contributed by atoms with Crippen LogP contribution in [-0.2, 0) is 5.54 Å². The van der Waals surface area contributed by atoms with Gasteiger partial charge in [0.1, 0.15) is 11.3 Å². The number of fused-ring (bicyclic) bond motifs is 1. The molecule has 1 saturated carbocycles. The smallest absolute Gasteiger partial charge is 0.178 e. The Morgan fingerprint density at radius 3 is 2.76 bits per heavy atom. The van der Waals surface area contributed by atoms with E-state index in [4.69, 9.17) is 12.2 Å². The lowest BCUT2D eigenvalue weighted by atomic mass is 9.98. The molecule has 1 aromatic heterocycles. The zero-order chi connectivity index (χ0) is 12.2. The van der Waals surface area contributed by atoms with Crippen LogP contribution < -0.4 is 0 Å². The molecule has 2 nitrogen and oxygen atoms in total. The second-order valence-electron chi connectivity index (χ2n) is 5.33. The topological polar surface area (TPSA) is 20.7 Å². The highest BCUT2D eigenvalue weighted by Crippen LogP contribution is 2.45. The van der Waals surface area contributed by atoms with E-state index < -0.39 is 0 Å². The second kappa shape index (κ2) is 3.42. The van der Waals surface area contributed by atoms with Gasteiger partial charge in [-0.2, -0.15) is 0 Å². The quantitative estimate of drug-likeness (QED) is 0.799. The first-order valence-corrected chi connectivity index (χ1v) is 6.32. The average molecular weight is 250 g/mol. The van der Waals surface area contributed by atoms with Crippen molar-refractivity contribution in [3.63, 3.8) is 0 Å². The maximum Gasteiger partial charge on any atom is 0.178 e. The van der Waals surface area contributed by atoms with Gasteiger partial charge in [-0.25, -0.2) is 4.39 Å². The van der Waals surface area contributed by atoms with Gasteiger partial charge in [0.25, 0.3) is 0 Å². The van der Waals surface area contributed by atoms with Gasteiger partial charge >= 0.3 is 0 Å². The number of nitrogens with zero attached hydrogens (tertiary/aromatic N) is 1. The van der Waals surface area contributed by atoms with Gasteiger partial charge in [-0.3, -0.25) is 0 Å². The molecule has 0 spiro atoms. The summed E-state index contributed by atoms with van der Waals surface area (Å²) in [7, 11) is 0. The first kappa shape index (κ1) is 11.0. The Labute approximate surface area is 104 Å². The minimum absolute atomic E-state index is 0.0386. The molecule has 0 radical (unpaired) electrons. The maximum atomic E-state index is 13.7. The summed E-state index contributed by atoms with van der Waals surface area (Å²) in [6.07, 6.45) is 2.47. The number of aromatic nitrogens is 2. The fourth-order valence-electron chi connectivity index (χ4n) is 2.64. The van der Waals surface area contributed by atoms with Crippen LogP contribution in [0.4, 0.5) is 4.39 Å². The standard InChI is InChI=1S/C13H15FN2S/c1-13(2,8-6-7-8)16-10-5-3-4-9(14)11(10)15-12(16)17/h3-5,8H,6-7H2,1-2H3,(H,15,17). The van der Waals surface area contributed by atoms with Gasteiger partial charge in [0.15, 0.2) is 4.77 Å². The van der Waals surface area contributed by atoms with Crippen LogP contribution in [0, 0.1) is 16.5 Å². The number of para-hydroxylation sites is 1. The van der Waals surface area contributed by atoms with Crippen LogP contribution in [-0.4, -0.2) is 9.55 Å². The zero-order valence-electron chi connectivity index (χ0n) is 9.96. The number of nitrogens with one attached hydrogen (secondary N) is 1. The fraction of sp³-hybridized carbons (Fsp3) is 0.462. The fourth-order valence-corrected chi connectivity index (χ4v) is 3.08. The van der Waals surface area contributed by atoms with Crippen LogP contribution >= 0.6 is 12.2 Å². The zero-order valence-corrected chi connectivity index (χ0v) is 10.8. The first-order chi connectivity index (χ1) is 8.01. The minimum atomic E-state index is -0.237. The highest BCUT2D eigenvalue weighted by atomic mass is 32.1. The van der Waals surface area contributed by atoms with E-state index in [1.807, 2.05) is 6.07 Å². The molecular weight excluding hydrogens is 235 g/mol. The Morgan fingerprint density at radius 1 is 1.41 bits per heavy atom. The van der Waals surface area contributed by atoms with E-state index in [1.165, 1.54) is 18.9 Å². The molecule has 0 amide bonds. The number of imidazole rings is 1. The molecule has 1 aliphatic rings. The van der Waals surface area contributed by atoms with Gasteiger partial charge in [0.2, 0.25) is 0 Å². The first-order valence-electron chi connectivity index (χ1n) is 5.91. The van der Waals surface area contributed by atoms with E-state index in [2.05, 4.69) is 23.4 Å². The van der Waals surface area contributed by atoms with Crippen molar-refractivity contribution in [1.29, 1.82) is 0 Å². The molecule has 1 aromatic carbocycles. The third kappa shape index (κ3) is 1.54. The normalized spacial score (nSPS) is 16.6. The van der Waals surface area contributed by atoms with Crippen LogP contribution in [0.25, 0.3) is 11.0 Å². The Hall–Kier alpha value is -1.16. The average Bonchev–Trinajstić information content (AvgIpc) is 3.03. The summed E-state index contributed by atoms with van der Waals surface area (Å²) in [6, 6.07) is 5.12. The number of benzene rings is 1. The molecule has 0 bridgehead atoms. The molecular formula is C13H15FN2S. The van der Waals surface area contributed by atoms with Gasteiger partial charge in [-0.1, -0.05) is 6.07 Å². The Bertz CT molecular complexity index is 634. The molecule has 0 unspecified atom stereocenters. The lowest BCUT2D eigenvalue weighted by Crippen LogP contribution is -2.28. The van der Waals surface area contributed by atoms with Crippen molar-refractivity contribution in [2.45, 2.75) is 32.2 Å². The van der Waals surface area contributed by atoms with Crippen LogP contribution in [0.1, 0.15) is 26.7 Å². The lowest BCUT2D eigenvalue weighted by molar-refractivity contribution is 0.310. The van der Waals surface area contributed by atoms with Crippen molar-refractivity contribution in [2.75, 3.05) is 0 Å². The van der Waals surface area contributed by atoms with Gasteiger partial charge in [-0.15, -0.1) is 0 Å². The SMILES string of the molecule is CC(C)(C1CC1)n1c(=S)[nH]c2c(F)cccc21. The summed E-state index contributed by atoms with van der Waals surface area (Å²) in [5.74, 6) is 0.412. The van der Waals surface area contributed by atoms with Crippen LogP contribution in [0.2, 0.25) is 0 Å². The largest absolute Gasteiger partial charge is 0.328 e. The van der Waals surface area contributed by atoms with Crippen LogP contribution in [0.3, 0.4) is 0 Å². The highest BCUT2D eigenvalue weighted by molar-refractivity contribution is 7.71. The minimum Gasteiger partial charge on any atom is -0.328 e. The number of hydrogen-bond donors (Lipinski definition) is 1. The molecule has 1 heterocycles. The van der Waals surface area contributed by atoms with E-state index in [0.717, 1.165) is 5.52 Å². The number of halogens is 1. The van der Waals surface area contributed by atoms with E-state index in [1.54, 1.807) is 6.07 Å². The van der Waals surface area contributed by atoms with E-state index in [9.17, 15) is 4.39 Å². The summed E-state index contributed by atoms with van der Waals surface area (Å²) in [5, 5.41) is 0. The number of aromatic amines is 1. The highest BCUT2D eigenvalue weighted by Gasteiger charge is 2.40. The predicted molar refractivity (Wildman–Crippen MR) is 69.1 cm³/mol. The molecule has 90 valence electrons. The van der Waals surface area contributed by atoms with Gasteiger partial charge in [0, 0.05) is 5.54 Å². The second-order valence-corrected chi connectivity index (χ2v) is 5.71.